The van der Waals surface area contributed by atoms with Crippen LogP contribution in [0.2, 0.25) is 0 Å². The zero-order valence-corrected chi connectivity index (χ0v) is 19.7. The van der Waals surface area contributed by atoms with Crippen LogP contribution in [0.3, 0.4) is 0 Å². The van der Waals surface area contributed by atoms with Crippen molar-refractivity contribution in [2.45, 2.75) is 78.9 Å². The van der Waals surface area contributed by atoms with Gasteiger partial charge in [0.25, 0.3) is 5.91 Å². The SMILES string of the molecule is CC[C@@H](C)OC(=O)[C@H](C)Oc1ccc(C(=O)Nc2c(C(C)C)cccc2C(C)C)cc1. The van der Waals surface area contributed by atoms with E-state index in [0.29, 0.717) is 23.1 Å². The van der Waals surface area contributed by atoms with E-state index in [1.54, 1.807) is 31.2 Å². The van der Waals surface area contributed by atoms with Gasteiger partial charge in [0.05, 0.1) is 6.10 Å². The summed E-state index contributed by atoms with van der Waals surface area (Å²) in [5.41, 5.74) is 3.65. The summed E-state index contributed by atoms with van der Waals surface area (Å²) in [4.78, 5) is 25.0. The number of amides is 1. The normalized spacial score (nSPS) is 13.1. The third kappa shape index (κ3) is 6.58. The monoisotopic (exact) mass is 425 g/mol. The molecule has 0 aromatic heterocycles. The minimum atomic E-state index is -0.722. The highest BCUT2D eigenvalue weighted by Crippen LogP contribution is 2.32. The first kappa shape index (κ1) is 24.4. The van der Waals surface area contributed by atoms with Crippen LogP contribution in [0.15, 0.2) is 42.5 Å². The summed E-state index contributed by atoms with van der Waals surface area (Å²) >= 11 is 0. The summed E-state index contributed by atoms with van der Waals surface area (Å²) in [7, 11) is 0. The van der Waals surface area contributed by atoms with E-state index >= 15 is 0 Å². The number of esters is 1. The number of hydrogen-bond acceptors (Lipinski definition) is 4. The van der Waals surface area contributed by atoms with Gasteiger partial charge in [-0.2, -0.15) is 0 Å². The van der Waals surface area contributed by atoms with Gasteiger partial charge in [-0.15, -0.1) is 0 Å². The van der Waals surface area contributed by atoms with Crippen molar-refractivity contribution in [2.24, 2.45) is 0 Å². The molecule has 2 atom stereocenters. The van der Waals surface area contributed by atoms with E-state index in [2.05, 4.69) is 45.1 Å². The van der Waals surface area contributed by atoms with Gasteiger partial charge in [0.1, 0.15) is 5.75 Å². The molecule has 0 fully saturated rings. The minimum Gasteiger partial charge on any atom is -0.479 e. The first-order valence-electron chi connectivity index (χ1n) is 11.0. The zero-order valence-electron chi connectivity index (χ0n) is 19.7. The van der Waals surface area contributed by atoms with E-state index in [4.69, 9.17) is 9.47 Å². The fraction of sp³-hybridized carbons (Fsp3) is 0.462. The third-order valence-electron chi connectivity index (χ3n) is 5.27. The van der Waals surface area contributed by atoms with Gasteiger partial charge in [-0.1, -0.05) is 52.8 Å². The molecule has 168 valence electrons. The van der Waals surface area contributed by atoms with Gasteiger partial charge < -0.3 is 14.8 Å². The molecular weight excluding hydrogens is 390 g/mol. The second kappa shape index (κ2) is 11.0. The zero-order chi connectivity index (χ0) is 23.1. The molecule has 0 radical (unpaired) electrons. The van der Waals surface area contributed by atoms with Crippen LogP contribution in [0.1, 0.15) is 88.2 Å². The second-order valence-electron chi connectivity index (χ2n) is 8.52. The fourth-order valence-electron chi connectivity index (χ4n) is 3.20. The molecule has 1 N–H and O–H groups in total. The molecule has 0 saturated carbocycles. The molecule has 0 saturated heterocycles. The van der Waals surface area contributed by atoms with Crippen LogP contribution in [-0.4, -0.2) is 24.1 Å². The van der Waals surface area contributed by atoms with Crippen molar-refractivity contribution in [2.75, 3.05) is 5.32 Å². The highest BCUT2D eigenvalue weighted by atomic mass is 16.6. The molecule has 0 spiro atoms. The van der Waals surface area contributed by atoms with Gasteiger partial charge in [-0.3, -0.25) is 4.79 Å². The predicted molar refractivity (Wildman–Crippen MR) is 125 cm³/mol. The number of para-hydroxylation sites is 1. The molecule has 5 heteroatoms. The third-order valence-corrected chi connectivity index (χ3v) is 5.27. The molecule has 5 nitrogen and oxygen atoms in total. The van der Waals surface area contributed by atoms with Crippen LogP contribution < -0.4 is 10.1 Å². The number of carbonyl (C=O) groups is 2. The smallest absolute Gasteiger partial charge is 0.347 e. The lowest BCUT2D eigenvalue weighted by atomic mass is 9.92. The Morgan fingerprint density at radius 2 is 1.42 bits per heavy atom. The first-order chi connectivity index (χ1) is 14.6. The van der Waals surface area contributed by atoms with E-state index < -0.39 is 12.1 Å². The first-order valence-corrected chi connectivity index (χ1v) is 11.0. The number of carbonyl (C=O) groups excluding carboxylic acids is 2. The molecule has 0 aliphatic carbocycles. The largest absolute Gasteiger partial charge is 0.479 e. The molecule has 0 heterocycles. The standard InChI is InChI=1S/C26H35NO4/c1-8-18(6)30-26(29)19(7)31-21-14-12-20(13-15-21)25(28)27-24-22(16(2)3)10-9-11-23(24)17(4)5/h9-19H,8H2,1-7H3,(H,27,28)/t18-,19+/m1/s1. The number of hydrogen-bond donors (Lipinski definition) is 1. The van der Waals surface area contributed by atoms with Crippen LogP contribution in [0.5, 0.6) is 5.75 Å². The molecule has 0 aliphatic rings. The molecular formula is C26H35NO4. The lowest BCUT2D eigenvalue weighted by Crippen LogP contribution is -2.29. The Bertz CT molecular complexity index is 861. The number of nitrogens with one attached hydrogen (secondary N) is 1. The Hall–Kier alpha value is -2.82. The lowest BCUT2D eigenvalue weighted by molar-refractivity contribution is -0.155. The number of rotatable bonds is 9. The van der Waals surface area contributed by atoms with E-state index in [-0.39, 0.29) is 12.0 Å². The van der Waals surface area contributed by atoms with Crippen molar-refractivity contribution in [3.8, 4) is 5.75 Å². The number of ether oxygens (including phenoxy) is 2. The van der Waals surface area contributed by atoms with Gasteiger partial charge in [0.15, 0.2) is 6.10 Å². The second-order valence-corrected chi connectivity index (χ2v) is 8.52. The van der Waals surface area contributed by atoms with Crippen molar-refractivity contribution >= 4 is 17.6 Å². The van der Waals surface area contributed by atoms with E-state index in [9.17, 15) is 9.59 Å². The van der Waals surface area contributed by atoms with Crippen molar-refractivity contribution in [3.05, 3.63) is 59.2 Å². The minimum absolute atomic E-state index is 0.144. The summed E-state index contributed by atoms with van der Waals surface area (Å²) in [6, 6.07) is 12.9. The molecule has 0 bridgehead atoms. The van der Waals surface area contributed by atoms with Crippen molar-refractivity contribution < 1.29 is 19.1 Å². The maximum absolute atomic E-state index is 12.9. The molecule has 2 aromatic carbocycles. The average Bonchev–Trinajstić information content (AvgIpc) is 2.73. The highest BCUT2D eigenvalue weighted by Gasteiger charge is 2.19. The maximum atomic E-state index is 12.9. The predicted octanol–water partition coefficient (Wildman–Crippen LogP) is 6.29. The van der Waals surface area contributed by atoms with Crippen molar-refractivity contribution in [1.82, 2.24) is 0 Å². The van der Waals surface area contributed by atoms with Crippen LogP contribution in [0.25, 0.3) is 0 Å². The molecule has 1 amide bonds. The number of anilines is 1. The van der Waals surface area contributed by atoms with Gasteiger partial charge in [-0.05, 0) is 67.5 Å². The molecule has 2 aromatic rings. The van der Waals surface area contributed by atoms with Crippen LogP contribution in [0.4, 0.5) is 5.69 Å². The number of benzene rings is 2. The van der Waals surface area contributed by atoms with E-state index in [1.807, 2.05) is 19.9 Å². The Morgan fingerprint density at radius 3 is 1.90 bits per heavy atom. The van der Waals surface area contributed by atoms with Gasteiger partial charge >= 0.3 is 5.97 Å². The van der Waals surface area contributed by atoms with E-state index in [1.165, 1.54) is 0 Å². The summed E-state index contributed by atoms with van der Waals surface area (Å²) in [6.07, 6.45) is -0.116. The lowest BCUT2D eigenvalue weighted by Gasteiger charge is -2.20. The molecule has 2 rings (SSSR count). The summed E-state index contributed by atoms with van der Waals surface area (Å²) in [5, 5.41) is 3.11. The quantitative estimate of drug-likeness (QED) is 0.479. The van der Waals surface area contributed by atoms with Crippen molar-refractivity contribution in [3.63, 3.8) is 0 Å². The summed E-state index contributed by atoms with van der Waals surface area (Å²) in [6.45, 7) is 13.9. The van der Waals surface area contributed by atoms with Gasteiger partial charge in [0.2, 0.25) is 0 Å². The Morgan fingerprint density at radius 1 is 0.871 bits per heavy atom. The highest BCUT2D eigenvalue weighted by molar-refractivity contribution is 6.05. The Balaban J connectivity index is 2.12. The topological polar surface area (TPSA) is 64.6 Å². The Kier molecular flexibility index (Phi) is 8.66. The fourth-order valence-corrected chi connectivity index (χ4v) is 3.20. The summed E-state index contributed by atoms with van der Waals surface area (Å²) in [5.74, 6) is 0.520. The maximum Gasteiger partial charge on any atom is 0.347 e. The average molecular weight is 426 g/mol. The Labute approximate surface area is 186 Å². The summed E-state index contributed by atoms with van der Waals surface area (Å²) < 4.78 is 11.0. The van der Waals surface area contributed by atoms with Crippen molar-refractivity contribution in [1.29, 1.82) is 0 Å². The van der Waals surface area contributed by atoms with Gasteiger partial charge in [-0.25, -0.2) is 4.79 Å². The molecule has 0 aliphatic heterocycles. The van der Waals surface area contributed by atoms with Crippen LogP contribution >= 0.6 is 0 Å². The van der Waals surface area contributed by atoms with Crippen LogP contribution in [-0.2, 0) is 9.53 Å². The molecule has 0 unspecified atom stereocenters. The van der Waals surface area contributed by atoms with E-state index in [0.717, 1.165) is 23.2 Å². The van der Waals surface area contributed by atoms with Gasteiger partial charge in [0, 0.05) is 11.3 Å². The van der Waals surface area contributed by atoms with Crippen LogP contribution in [0, 0.1) is 0 Å². The molecule has 31 heavy (non-hydrogen) atoms.